The molecule has 1 unspecified atom stereocenters. The van der Waals surface area contributed by atoms with Gasteiger partial charge >= 0.3 is 0 Å². The third kappa shape index (κ3) is 3.81. The third-order valence-electron chi connectivity index (χ3n) is 2.70. The first kappa shape index (κ1) is 13.0. The van der Waals surface area contributed by atoms with E-state index in [-0.39, 0.29) is 5.82 Å². The van der Waals surface area contributed by atoms with Crippen LogP contribution >= 0.6 is 0 Å². The van der Waals surface area contributed by atoms with Gasteiger partial charge in [0.15, 0.2) is 0 Å². The van der Waals surface area contributed by atoms with Crippen LogP contribution in [0.3, 0.4) is 0 Å². The van der Waals surface area contributed by atoms with Crippen LogP contribution in [0.15, 0.2) is 18.2 Å². The molecule has 3 heteroatoms. The van der Waals surface area contributed by atoms with Crippen LogP contribution in [0.4, 0.5) is 4.39 Å². The van der Waals surface area contributed by atoms with Gasteiger partial charge in [-0.1, -0.05) is 6.92 Å². The SMILES string of the molecule is CNCCC(C)Cc1cc(F)ccc1OC. The van der Waals surface area contributed by atoms with Crippen molar-refractivity contribution >= 4 is 0 Å². The maximum Gasteiger partial charge on any atom is 0.123 e. The van der Waals surface area contributed by atoms with Gasteiger partial charge in [-0.15, -0.1) is 0 Å². The fraction of sp³-hybridized carbons (Fsp3) is 0.538. The summed E-state index contributed by atoms with van der Waals surface area (Å²) >= 11 is 0. The molecule has 0 aliphatic rings. The molecule has 1 aromatic rings. The van der Waals surface area contributed by atoms with E-state index in [1.807, 2.05) is 7.05 Å². The van der Waals surface area contributed by atoms with Gasteiger partial charge in [0.2, 0.25) is 0 Å². The van der Waals surface area contributed by atoms with E-state index in [2.05, 4.69) is 12.2 Å². The summed E-state index contributed by atoms with van der Waals surface area (Å²) < 4.78 is 18.3. The molecule has 0 amide bonds. The van der Waals surface area contributed by atoms with E-state index >= 15 is 0 Å². The molecule has 0 saturated heterocycles. The van der Waals surface area contributed by atoms with Crippen molar-refractivity contribution in [1.82, 2.24) is 5.32 Å². The highest BCUT2D eigenvalue weighted by molar-refractivity contribution is 5.34. The molecule has 1 rings (SSSR count). The zero-order valence-corrected chi connectivity index (χ0v) is 10.2. The van der Waals surface area contributed by atoms with Crippen molar-refractivity contribution in [1.29, 1.82) is 0 Å². The molecular weight excluding hydrogens is 205 g/mol. The first-order chi connectivity index (χ1) is 7.67. The summed E-state index contributed by atoms with van der Waals surface area (Å²) in [6, 6.07) is 4.69. The monoisotopic (exact) mass is 225 g/mol. The van der Waals surface area contributed by atoms with E-state index in [0.29, 0.717) is 5.92 Å². The molecule has 0 saturated carbocycles. The molecular formula is C13H20FNO. The Bertz CT molecular complexity index is 328. The lowest BCUT2D eigenvalue weighted by Gasteiger charge is -2.14. The van der Waals surface area contributed by atoms with Crippen LogP contribution in [-0.4, -0.2) is 20.7 Å². The van der Waals surface area contributed by atoms with E-state index in [9.17, 15) is 4.39 Å². The number of halogens is 1. The van der Waals surface area contributed by atoms with Gasteiger partial charge in [-0.2, -0.15) is 0 Å². The second kappa shape index (κ2) is 6.48. The molecule has 0 bridgehead atoms. The zero-order chi connectivity index (χ0) is 12.0. The molecule has 0 fully saturated rings. The number of methoxy groups -OCH3 is 1. The maximum absolute atomic E-state index is 13.1. The fourth-order valence-corrected chi connectivity index (χ4v) is 1.77. The molecule has 90 valence electrons. The fourth-order valence-electron chi connectivity index (χ4n) is 1.77. The van der Waals surface area contributed by atoms with E-state index in [0.717, 1.165) is 30.7 Å². The predicted octanol–water partition coefficient (Wildman–Crippen LogP) is 2.62. The molecule has 16 heavy (non-hydrogen) atoms. The second-order valence-electron chi connectivity index (χ2n) is 4.16. The first-order valence-electron chi connectivity index (χ1n) is 5.64. The van der Waals surface area contributed by atoms with E-state index in [1.165, 1.54) is 6.07 Å². The highest BCUT2D eigenvalue weighted by Gasteiger charge is 2.09. The number of hydrogen-bond acceptors (Lipinski definition) is 2. The summed E-state index contributed by atoms with van der Waals surface area (Å²) in [7, 11) is 3.56. The Labute approximate surface area is 96.8 Å². The van der Waals surface area contributed by atoms with Gasteiger partial charge in [-0.05, 0) is 56.1 Å². The Morgan fingerprint density at radius 3 is 2.81 bits per heavy atom. The van der Waals surface area contributed by atoms with Crippen molar-refractivity contribution in [2.45, 2.75) is 19.8 Å². The van der Waals surface area contributed by atoms with Crippen LogP contribution in [0.25, 0.3) is 0 Å². The van der Waals surface area contributed by atoms with Crippen LogP contribution in [0.2, 0.25) is 0 Å². The largest absolute Gasteiger partial charge is 0.496 e. The highest BCUT2D eigenvalue weighted by atomic mass is 19.1. The van der Waals surface area contributed by atoms with Crippen molar-refractivity contribution in [3.63, 3.8) is 0 Å². The van der Waals surface area contributed by atoms with Crippen molar-refractivity contribution in [2.75, 3.05) is 20.7 Å². The third-order valence-corrected chi connectivity index (χ3v) is 2.70. The summed E-state index contributed by atoms with van der Waals surface area (Å²) in [5, 5.41) is 3.12. The van der Waals surface area contributed by atoms with Crippen LogP contribution in [0.5, 0.6) is 5.75 Å². The molecule has 0 aliphatic carbocycles. The molecule has 0 radical (unpaired) electrons. The van der Waals surface area contributed by atoms with Crippen LogP contribution in [-0.2, 0) is 6.42 Å². The molecule has 1 N–H and O–H groups in total. The molecule has 1 atom stereocenters. The Hall–Kier alpha value is -1.09. The summed E-state index contributed by atoms with van der Waals surface area (Å²) in [6.07, 6.45) is 1.93. The van der Waals surface area contributed by atoms with Crippen LogP contribution in [0.1, 0.15) is 18.9 Å². The standard InChI is InChI=1S/C13H20FNO/c1-10(6-7-15-2)8-11-9-12(14)4-5-13(11)16-3/h4-5,9-10,15H,6-8H2,1-3H3. The Morgan fingerprint density at radius 2 is 2.19 bits per heavy atom. The average molecular weight is 225 g/mol. The molecule has 0 aliphatic heterocycles. The molecule has 2 nitrogen and oxygen atoms in total. The lowest BCUT2D eigenvalue weighted by atomic mass is 9.97. The minimum absolute atomic E-state index is 0.198. The summed E-state index contributed by atoms with van der Waals surface area (Å²) in [4.78, 5) is 0. The predicted molar refractivity (Wildman–Crippen MR) is 64.4 cm³/mol. The minimum Gasteiger partial charge on any atom is -0.496 e. The van der Waals surface area contributed by atoms with Gasteiger partial charge in [0.1, 0.15) is 11.6 Å². The van der Waals surface area contributed by atoms with Gasteiger partial charge < -0.3 is 10.1 Å². The van der Waals surface area contributed by atoms with Crippen molar-refractivity contribution in [3.8, 4) is 5.75 Å². The Morgan fingerprint density at radius 1 is 1.44 bits per heavy atom. The van der Waals surface area contributed by atoms with E-state index < -0.39 is 0 Å². The van der Waals surface area contributed by atoms with E-state index in [1.54, 1.807) is 19.2 Å². The Balaban J connectivity index is 2.67. The molecule has 0 spiro atoms. The topological polar surface area (TPSA) is 21.3 Å². The second-order valence-corrected chi connectivity index (χ2v) is 4.16. The van der Waals surface area contributed by atoms with Gasteiger partial charge in [0.05, 0.1) is 7.11 Å². The summed E-state index contributed by atoms with van der Waals surface area (Å²) in [6.45, 7) is 3.15. The number of ether oxygens (including phenoxy) is 1. The highest BCUT2D eigenvalue weighted by Crippen LogP contribution is 2.23. The average Bonchev–Trinajstić information content (AvgIpc) is 2.27. The quantitative estimate of drug-likeness (QED) is 0.803. The molecule has 0 aromatic heterocycles. The van der Waals surface area contributed by atoms with E-state index in [4.69, 9.17) is 4.74 Å². The number of benzene rings is 1. The normalized spacial score (nSPS) is 12.5. The first-order valence-corrected chi connectivity index (χ1v) is 5.64. The number of rotatable bonds is 6. The van der Waals surface area contributed by atoms with Gasteiger partial charge in [-0.3, -0.25) is 0 Å². The van der Waals surface area contributed by atoms with Crippen molar-refractivity contribution in [2.24, 2.45) is 5.92 Å². The van der Waals surface area contributed by atoms with Gasteiger partial charge in [0, 0.05) is 0 Å². The van der Waals surface area contributed by atoms with Gasteiger partial charge in [-0.25, -0.2) is 4.39 Å². The van der Waals surface area contributed by atoms with Crippen molar-refractivity contribution < 1.29 is 9.13 Å². The van der Waals surface area contributed by atoms with Crippen LogP contribution < -0.4 is 10.1 Å². The number of nitrogens with one attached hydrogen (secondary N) is 1. The zero-order valence-electron chi connectivity index (χ0n) is 10.2. The van der Waals surface area contributed by atoms with Crippen LogP contribution in [0, 0.1) is 11.7 Å². The Kier molecular flexibility index (Phi) is 5.26. The smallest absolute Gasteiger partial charge is 0.123 e. The summed E-state index contributed by atoms with van der Waals surface area (Å²) in [5.41, 5.74) is 0.950. The van der Waals surface area contributed by atoms with Crippen molar-refractivity contribution in [3.05, 3.63) is 29.6 Å². The minimum atomic E-state index is -0.198. The lowest BCUT2D eigenvalue weighted by Crippen LogP contribution is -2.13. The maximum atomic E-state index is 13.1. The van der Waals surface area contributed by atoms with Gasteiger partial charge in [0.25, 0.3) is 0 Å². The molecule has 1 aromatic carbocycles. The lowest BCUT2D eigenvalue weighted by molar-refractivity contribution is 0.402. The summed E-state index contributed by atoms with van der Waals surface area (Å²) in [5.74, 6) is 1.09. The number of hydrogen-bond donors (Lipinski definition) is 1. The molecule has 0 heterocycles.